The molecular formula is C15H16N4O2S. The monoisotopic (exact) mass is 316 g/mol. The first kappa shape index (κ1) is 14.6. The van der Waals surface area contributed by atoms with Gasteiger partial charge in [0, 0.05) is 17.4 Å². The zero-order valence-electron chi connectivity index (χ0n) is 12.6. The van der Waals surface area contributed by atoms with Crippen molar-refractivity contribution in [2.75, 3.05) is 7.11 Å². The van der Waals surface area contributed by atoms with Crippen LogP contribution in [0.25, 0.3) is 5.69 Å². The molecule has 0 saturated carbocycles. The van der Waals surface area contributed by atoms with Gasteiger partial charge in [-0.15, -0.1) is 10.2 Å². The third kappa shape index (κ3) is 2.85. The molecule has 0 saturated heterocycles. The molecule has 0 aliphatic heterocycles. The van der Waals surface area contributed by atoms with E-state index in [-0.39, 0.29) is 0 Å². The minimum atomic E-state index is 0.740. The molecule has 3 aromatic rings. The van der Waals surface area contributed by atoms with Crippen LogP contribution < -0.4 is 4.74 Å². The molecule has 0 spiro atoms. The van der Waals surface area contributed by atoms with Gasteiger partial charge in [-0.2, -0.15) is 0 Å². The summed E-state index contributed by atoms with van der Waals surface area (Å²) >= 11 is 1.60. The first-order valence-corrected chi connectivity index (χ1v) is 7.76. The number of hydrogen-bond donors (Lipinski definition) is 0. The Hall–Kier alpha value is -2.28. The van der Waals surface area contributed by atoms with Crippen LogP contribution in [0, 0.1) is 13.8 Å². The first-order valence-electron chi connectivity index (χ1n) is 6.78. The molecule has 22 heavy (non-hydrogen) atoms. The zero-order valence-corrected chi connectivity index (χ0v) is 13.4. The lowest BCUT2D eigenvalue weighted by molar-refractivity contribution is 0.392. The molecule has 114 valence electrons. The number of thioether (sulfide) groups is 1. The van der Waals surface area contributed by atoms with E-state index < -0.39 is 0 Å². The second-order valence-corrected chi connectivity index (χ2v) is 5.72. The lowest BCUT2D eigenvalue weighted by Crippen LogP contribution is -1.96. The van der Waals surface area contributed by atoms with E-state index in [0.29, 0.717) is 0 Å². The van der Waals surface area contributed by atoms with Crippen molar-refractivity contribution >= 4 is 11.8 Å². The van der Waals surface area contributed by atoms with Gasteiger partial charge >= 0.3 is 0 Å². The van der Waals surface area contributed by atoms with Crippen LogP contribution in [-0.4, -0.2) is 27.0 Å². The highest BCUT2D eigenvalue weighted by Crippen LogP contribution is 2.27. The van der Waals surface area contributed by atoms with Crippen LogP contribution in [0.15, 0.2) is 40.3 Å². The van der Waals surface area contributed by atoms with E-state index >= 15 is 0 Å². The van der Waals surface area contributed by atoms with Gasteiger partial charge in [-0.05, 0) is 26.0 Å². The molecule has 0 amide bonds. The Kier molecular flexibility index (Phi) is 4.15. The van der Waals surface area contributed by atoms with Gasteiger partial charge in [0.1, 0.15) is 17.8 Å². The predicted molar refractivity (Wildman–Crippen MR) is 83.4 cm³/mol. The van der Waals surface area contributed by atoms with Crippen LogP contribution in [0.4, 0.5) is 0 Å². The number of nitrogens with zero attached hydrogens (tertiary/aromatic N) is 4. The van der Waals surface area contributed by atoms with Gasteiger partial charge in [0.15, 0.2) is 5.16 Å². The number of ether oxygens (including phenoxy) is 1. The van der Waals surface area contributed by atoms with Crippen molar-refractivity contribution in [2.45, 2.75) is 24.8 Å². The average Bonchev–Trinajstić information content (AvgIpc) is 3.13. The van der Waals surface area contributed by atoms with Crippen LogP contribution in [0.1, 0.15) is 17.0 Å². The lowest BCUT2D eigenvalue weighted by Gasteiger charge is -2.07. The van der Waals surface area contributed by atoms with E-state index in [1.807, 2.05) is 42.7 Å². The van der Waals surface area contributed by atoms with Gasteiger partial charge < -0.3 is 9.26 Å². The molecule has 0 fully saturated rings. The average molecular weight is 316 g/mol. The lowest BCUT2D eigenvalue weighted by atomic mass is 10.2. The smallest absolute Gasteiger partial charge is 0.195 e. The van der Waals surface area contributed by atoms with Crippen molar-refractivity contribution in [2.24, 2.45) is 0 Å². The molecule has 0 bridgehead atoms. The van der Waals surface area contributed by atoms with E-state index in [4.69, 9.17) is 9.26 Å². The molecule has 0 aliphatic rings. The number of rotatable bonds is 5. The number of benzene rings is 1. The number of aromatic nitrogens is 4. The van der Waals surface area contributed by atoms with Gasteiger partial charge in [0.2, 0.25) is 0 Å². The topological polar surface area (TPSA) is 66.0 Å². The summed E-state index contributed by atoms with van der Waals surface area (Å²) in [4.78, 5) is 0. The van der Waals surface area contributed by atoms with Gasteiger partial charge in [-0.3, -0.25) is 4.57 Å². The van der Waals surface area contributed by atoms with Crippen LogP contribution in [0.3, 0.4) is 0 Å². The Morgan fingerprint density at radius 1 is 1.32 bits per heavy atom. The molecule has 7 heteroatoms. The summed E-state index contributed by atoms with van der Waals surface area (Å²) in [5.74, 6) is 2.38. The van der Waals surface area contributed by atoms with Crippen molar-refractivity contribution in [3.8, 4) is 11.4 Å². The Morgan fingerprint density at radius 3 is 2.91 bits per heavy atom. The highest BCUT2D eigenvalue weighted by molar-refractivity contribution is 7.98. The van der Waals surface area contributed by atoms with Gasteiger partial charge in [-0.25, -0.2) is 0 Å². The summed E-state index contributed by atoms with van der Waals surface area (Å²) in [7, 11) is 1.65. The van der Waals surface area contributed by atoms with E-state index in [1.165, 1.54) is 0 Å². The summed E-state index contributed by atoms with van der Waals surface area (Å²) < 4.78 is 12.4. The molecule has 0 aliphatic carbocycles. The Bertz CT molecular complexity index is 762. The summed E-state index contributed by atoms with van der Waals surface area (Å²) in [5.41, 5.74) is 2.98. The molecular weight excluding hydrogens is 300 g/mol. The maximum atomic E-state index is 5.26. The van der Waals surface area contributed by atoms with Crippen molar-refractivity contribution in [3.05, 3.63) is 47.6 Å². The highest BCUT2D eigenvalue weighted by Gasteiger charge is 2.13. The number of methoxy groups -OCH3 is 1. The van der Waals surface area contributed by atoms with Crippen molar-refractivity contribution in [1.82, 2.24) is 19.9 Å². The molecule has 0 radical (unpaired) electrons. The van der Waals surface area contributed by atoms with Crippen LogP contribution in [0.2, 0.25) is 0 Å². The minimum absolute atomic E-state index is 0.740. The Balaban J connectivity index is 1.83. The fraction of sp³-hybridized carbons (Fsp3) is 0.267. The standard InChI is InChI=1S/C15H16N4O2S/c1-10-14(11(2)21-18-10)8-22-15-17-16-9-19(15)12-5-4-6-13(7-12)20-3/h4-7,9H,8H2,1-3H3. The summed E-state index contributed by atoms with van der Waals surface area (Å²) in [6.07, 6.45) is 1.70. The molecule has 6 nitrogen and oxygen atoms in total. The molecule has 0 N–H and O–H groups in total. The normalized spacial score (nSPS) is 10.9. The maximum Gasteiger partial charge on any atom is 0.195 e. The number of hydrogen-bond acceptors (Lipinski definition) is 6. The van der Waals surface area contributed by atoms with Crippen molar-refractivity contribution in [3.63, 3.8) is 0 Å². The fourth-order valence-electron chi connectivity index (χ4n) is 2.10. The summed E-state index contributed by atoms with van der Waals surface area (Å²) in [6, 6.07) is 7.79. The molecule has 2 heterocycles. The highest BCUT2D eigenvalue weighted by atomic mass is 32.2. The minimum Gasteiger partial charge on any atom is -0.497 e. The first-order chi connectivity index (χ1) is 10.7. The van der Waals surface area contributed by atoms with Gasteiger partial charge in [-0.1, -0.05) is 23.0 Å². The SMILES string of the molecule is COc1cccc(-n2cnnc2SCc2c(C)noc2C)c1. The van der Waals surface area contributed by atoms with Crippen molar-refractivity contribution < 1.29 is 9.26 Å². The molecule has 0 unspecified atom stereocenters. The van der Waals surface area contributed by atoms with Gasteiger partial charge in [0.05, 0.1) is 18.5 Å². The van der Waals surface area contributed by atoms with Crippen LogP contribution in [-0.2, 0) is 5.75 Å². The van der Waals surface area contributed by atoms with Gasteiger partial charge in [0.25, 0.3) is 0 Å². The Labute approximate surface area is 132 Å². The Morgan fingerprint density at radius 2 is 2.18 bits per heavy atom. The van der Waals surface area contributed by atoms with Crippen LogP contribution >= 0.6 is 11.8 Å². The second kappa shape index (κ2) is 6.23. The maximum absolute atomic E-state index is 5.26. The van der Waals surface area contributed by atoms with Crippen LogP contribution in [0.5, 0.6) is 5.75 Å². The van der Waals surface area contributed by atoms with E-state index in [2.05, 4.69) is 15.4 Å². The predicted octanol–water partition coefficient (Wildman–Crippen LogP) is 3.17. The fourth-order valence-corrected chi connectivity index (χ4v) is 3.19. The van der Waals surface area contributed by atoms with E-state index in [0.717, 1.165) is 39.4 Å². The molecule has 1 aromatic carbocycles. The summed E-state index contributed by atoms with van der Waals surface area (Å²) in [5, 5.41) is 13.0. The second-order valence-electron chi connectivity index (χ2n) is 4.78. The van der Waals surface area contributed by atoms with E-state index in [1.54, 1.807) is 25.2 Å². The quantitative estimate of drug-likeness (QED) is 0.674. The third-order valence-electron chi connectivity index (χ3n) is 3.37. The largest absolute Gasteiger partial charge is 0.497 e. The third-order valence-corrected chi connectivity index (χ3v) is 4.34. The zero-order chi connectivity index (χ0) is 15.5. The molecule has 0 atom stereocenters. The molecule has 2 aromatic heterocycles. The summed E-state index contributed by atoms with van der Waals surface area (Å²) in [6.45, 7) is 3.86. The van der Waals surface area contributed by atoms with Crippen molar-refractivity contribution in [1.29, 1.82) is 0 Å². The van der Waals surface area contributed by atoms with E-state index in [9.17, 15) is 0 Å². The molecule has 3 rings (SSSR count). The number of aryl methyl sites for hydroxylation is 2.